The van der Waals surface area contributed by atoms with Gasteiger partial charge in [-0.15, -0.1) is 0 Å². The molecule has 0 saturated heterocycles. The van der Waals surface area contributed by atoms with Crippen molar-refractivity contribution in [2.24, 2.45) is 18.0 Å². The Morgan fingerprint density at radius 3 is 2.90 bits per heavy atom. The molecule has 0 aliphatic heterocycles. The summed E-state index contributed by atoms with van der Waals surface area (Å²) in [4.78, 5) is 6.86. The number of aromatic nitrogens is 1. The van der Waals surface area contributed by atoms with Crippen molar-refractivity contribution in [2.75, 3.05) is 20.1 Å². The molecule has 1 saturated carbocycles. The quantitative estimate of drug-likeness (QED) is 0.640. The van der Waals surface area contributed by atoms with Crippen molar-refractivity contribution in [2.45, 2.75) is 38.8 Å². The van der Waals surface area contributed by atoms with Gasteiger partial charge in [0.1, 0.15) is 0 Å². The molecule has 5 heteroatoms. The van der Waals surface area contributed by atoms with Crippen LogP contribution in [0.3, 0.4) is 0 Å². The highest BCUT2D eigenvalue weighted by molar-refractivity contribution is 5.79. The number of nitrogens with one attached hydrogen (secondary N) is 1. The van der Waals surface area contributed by atoms with E-state index in [1.54, 1.807) is 0 Å². The second kappa shape index (κ2) is 7.50. The molecular formula is C16H28N4O. The van der Waals surface area contributed by atoms with Crippen molar-refractivity contribution >= 4 is 5.96 Å². The second-order valence-corrected chi connectivity index (χ2v) is 5.92. The SMILES string of the molecule is CCNC(=NCC1CCCC1O)N(C)Cc1cccn1C. The third-order valence-corrected chi connectivity index (χ3v) is 4.24. The molecule has 2 rings (SSSR count). The lowest BCUT2D eigenvalue weighted by Crippen LogP contribution is -2.39. The number of aliphatic hydroxyl groups is 1. The number of aliphatic hydroxyl groups excluding tert-OH is 1. The normalized spacial score (nSPS) is 22.6. The first-order chi connectivity index (χ1) is 10.1. The smallest absolute Gasteiger partial charge is 0.194 e. The van der Waals surface area contributed by atoms with Crippen LogP contribution in [0.4, 0.5) is 0 Å². The lowest BCUT2D eigenvalue weighted by molar-refractivity contribution is 0.136. The molecule has 0 aromatic carbocycles. The number of nitrogens with zero attached hydrogens (tertiary/aromatic N) is 3. The molecule has 1 aliphatic carbocycles. The van der Waals surface area contributed by atoms with Gasteiger partial charge in [-0.3, -0.25) is 4.99 Å². The molecule has 5 nitrogen and oxygen atoms in total. The van der Waals surface area contributed by atoms with Crippen LogP contribution in [0.5, 0.6) is 0 Å². The number of guanidine groups is 1. The minimum absolute atomic E-state index is 0.171. The van der Waals surface area contributed by atoms with Crippen molar-refractivity contribution in [3.8, 4) is 0 Å². The first-order valence-electron chi connectivity index (χ1n) is 7.89. The zero-order chi connectivity index (χ0) is 15.2. The zero-order valence-corrected chi connectivity index (χ0v) is 13.4. The average molecular weight is 292 g/mol. The summed E-state index contributed by atoms with van der Waals surface area (Å²) in [5, 5.41) is 13.2. The van der Waals surface area contributed by atoms with Gasteiger partial charge >= 0.3 is 0 Å². The average Bonchev–Trinajstić information content (AvgIpc) is 3.04. The molecule has 0 spiro atoms. The molecule has 1 aromatic heterocycles. The van der Waals surface area contributed by atoms with Crippen LogP contribution in [0.2, 0.25) is 0 Å². The molecule has 2 atom stereocenters. The zero-order valence-electron chi connectivity index (χ0n) is 13.4. The Morgan fingerprint density at radius 2 is 2.33 bits per heavy atom. The highest BCUT2D eigenvalue weighted by atomic mass is 16.3. The maximum Gasteiger partial charge on any atom is 0.194 e. The van der Waals surface area contributed by atoms with Crippen molar-refractivity contribution in [3.05, 3.63) is 24.0 Å². The predicted octanol–water partition coefficient (Wildman–Crippen LogP) is 1.58. The first kappa shape index (κ1) is 15.9. The molecule has 1 aliphatic rings. The van der Waals surface area contributed by atoms with Crippen LogP contribution < -0.4 is 5.32 Å². The third-order valence-electron chi connectivity index (χ3n) is 4.24. The van der Waals surface area contributed by atoms with Gasteiger partial charge in [0.2, 0.25) is 0 Å². The summed E-state index contributed by atoms with van der Waals surface area (Å²) < 4.78 is 2.13. The Kier molecular flexibility index (Phi) is 5.67. The Bertz CT molecular complexity index is 469. The number of rotatable bonds is 5. The Morgan fingerprint density at radius 1 is 1.52 bits per heavy atom. The van der Waals surface area contributed by atoms with E-state index in [9.17, 15) is 5.11 Å². The van der Waals surface area contributed by atoms with E-state index in [-0.39, 0.29) is 6.10 Å². The van der Waals surface area contributed by atoms with E-state index in [4.69, 9.17) is 4.99 Å². The Labute approximate surface area is 127 Å². The maximum absolute atomic E-state index is 9.91. The summed E-state index contributed by atoms with van der Waals surface area (Å²) in [6.45, 7) is 4.46. The molecule has 118 valence electrons. The second-order valence-electron chi connectivity index (χ2n) is 5.92. The lowest BCUT2D eigenvalue weighted by atomic mass is 10.1. The summed E-state index contributed by atoms with van der Waals surface area (Å²) in [5.74, 6) is 1.24. The molecule has 0 amide bonds. The van der Waals surface area contributed by atoms with Gasteiger partial charge in [0.25, 0.3) is 0 Å². The van der Waals surface area contributed by atoms with Crippen LogP contribution >= 0.6 is 0 Å². The van der Waals surface area contributed by atoms with Crippen LogP contribution in [-0.4, -0.2) is 46.8 Å². The van der Waals surface area contributed by atoms with Gasteiger partial charge in [-0.2, -0.15) is 0 Å². The van der Waals surface area contributed by atoms with E-state index >= 15 is 0 Å². The van der Waals surface area contributed by atoms with Gasteiger partial charge in [0.05, 0.1) is 12.6 Å². The molecule has 2 N–H and O–H groups in total. The summed E-state index contributed by atoms with van der Waals surface area (Å²) >= 11 is 0. The standard InChI is InChI=1S/C16H28N4O/c1-4-17-16(18-11-13-7-5-9-15(13)21)20(3)12-14-8-6-10-19(14)2/h6,8,10,13,15,21H,4-5,7,9,11-12H2,1-3H3,(H,17,18). The number of aliphatic imine (C=N–C) groups is 1. The molecule has 21 heavy (non-hydrogen) atoms. The van der Waals surface area contributed by atoms with Gasteiger partial charge in [-0.1, -0.05) is 6.42 Å². The molecule has 0 bridgehead atoms. The largest absolute Gasteiger partial charge is 0.393 e. The highest BCUT2D eigenvalue weighted by Crippen LogP contribution is 2.25. The molecule has 0 radical (unpaired) electrons. The number of hydrogen-bond donors (Lipinski definition) is 2. The molecule has 1 heterocycles. The summed E-state index contributed by atoms with van der Waals surface area (Å²) in [6, 6.07) is 4.18. The molecule has 2 unspecified atom stereocenters. The fourth-order valence-corrected chi connectivity index (χ4v) is 2.88. The highest BCUT2D eigenvalue weighted by Gasteiger charge is 2.25. The topological polar surface area (TPSA) is 52.8 Å². The van der Waals surface area contributed by atoms with Crippen LogP contribution in [0, 0.1) is 5.92 Å². The van der Waals surface area contributed by atoms with E-state index in [0.717, 1.165) is 38.3 Å². The van der Waals surface area contributed by atoms with E-state index < -0.39 is 0 Å². The third kappa shape index (κ3) is 4.24. The summed E-state index contributed by atoms with van der Waals surface area (Å²) in [5.41, 5.74) is 1.25. The van der Waals surface area contributed by atoms with E-state index in [0.29, 0.717) is 12.5 Å². The number of hydrogen-bond acceptors (Lipinski definition) is 2. The van der Waals surface area contributed by atoms with E-state index in [2.05, 4.69) is 54.1 Å². The molecular weight excluding hydrogens is 264 g/mol. The van der Waals surface area contributed by atoms with Gasteiger partial charge in [0, 0.05) is 45.0 Å². The fourth-order valence-electron chi connectivity index (χ4n) is 2.88. The van der Waals surface area contributed by atoms with Gasteiger partial charge in [-0.25, -0.2) is 0 Å². The monoisotopic (exact) mass is 292 g/mol. The summed E-state index contributed by atoms with van der Waals surface area (Å²) in [6.07, 6.45) is 5.02. The molecule has 1 aromatic rings. The van der Waals surface area contributed by atoms with Gasteiger partial charge in [-0.05, 0) is 31.9 Å². The lowest BCUT2D eigenvalue weighted by Gasteiger charge is -2.23. The van der Waals surface area contributed by atoms with Crippen molar-refractivity contribution < 1.29 is 5.11 Å². The Hall–Kier alpha value is -1.49. The van der Waals surface area contributed by atoms with Crippen LogP contribution in [-0.2, 0) is 13.6 Å². The van der Waals surface area contributed by atoms with E-state index in [1.165, 1.54) is 5.69 Å². The van der Waals surface area contributed by atoms with Gasteiger partial charge in [0.15, 0.2) is 5.96 Å². The fraction of sp³-hybridized carbons (Fsp3) is 0.688. The van der Waals surface area contributed by atoms with Crippen molar-refractivity contribution in [3.63, 3.8) is 0 Å². The summed E-state index contributed by atoms with van der Waals surface area (Å²) in [7, 11) is 4.11. The Balaban J connectivity index is 1.98. The minimum Gasteiger partial charge on any atom is -0.393 e. The maximum atomic E-state index is 9.91. The van der Waals surface area contributed by atoms with Crippen molar-refractivity contribution in [1.29, 1.82) is 0 Å². The first-order valence-corrected chi connectivity index (χ1v) is 7.89. The van der Waals surface area contributed by atoms with Crippen LogP contribution in [0.25, 0.3) is 0 Å². The van der Waals surface area contributed by atoms with Gasteiger partial charge < -0.3 is 19.9 Å². The predicted molar refractivity (Wildman–Crippen MR) is 86.2 cm³/mol. The minimum atomic E-state index is -0.171. The van der Waals surface area contributed by atoms with Crippen LogP contribution in [0.15, 0.2) is 23.3 Å². The van der Waals surface area contributed by atoms with Crippen LogP contribution in [0.1, 0.15) is 31.9 Å². The van der Waals surface area contributed by atoms with E-state index in [1.807, 2.05) is 0 Å². The number of aryl methyl sites for hydroxylation is 1. The molecule has 1 fully saturated rings. The van der Waals surface area contributed by atoms with Crippen molar-refractivity contribution in [1.82, 2.24) is 14.8 Å².